The van der Waals surface area contributed by atoms with Crippen LogP contribution in [0, 0.1) is 13.8 Å². The molecule has 1 N–H and O–H groups in total. The Morgan fingerprint density at radius 3 is 2.26 bits per heavy atom. The van der Waals surface area contributed by atoms with Gasteiger partial charge < -0.3 is 0 Å². The highest BCUT2D eigenvalue weighted by Gasteiger charge is 2.31. The number of hydrogen-bond acceptors (Lipinski definition) is 2. The molecule has 2 aromatic rings. The molecule has 0 saturated heterocycles. The average Bonchev–Trinajstić information content (AvgIpc) is 2.62. The van der Waals surface area contributed by atoms with Crippen molar-refractivity contribution >= 4 is 17.4 Å². The zero-order valence-corrected chi connectivity index (χ0v) is 11.0. The Bertz CT molecular complexity index is 585. The second-order valence-corrected chi connectivity index (χ2v) is 4.52. The summed E-state index contributed by atoms with van der Waals surface area (Å²) >= 11 is 5.82. The smallest absolute Gasteiger partial charge is 0.276 e. The van der Waals surface area contributed by atoms with E-state index in [9.17, 15) is 13.2 Å². The number of anilines is 1. The van der Waals surface area contributed by atoms with E-state index < -0.39 is 11.7 Å². The van der Waals surface area contributed by atoms with E-state index in [2.05, 4.69) is 10.4 Å². The minimum Gasteiger partial charge on any atom is -0.276 e. The van der Waals surface area contributed by atoms with Gasteiger partial charge in [0, 0.05) is 17.6 Å². The number of pyridine rings is 1. The standard InChI is InChI=1S/C12H11ClF3N3/c1-7-3-4-8(2)19(7)18-11-10(13)5-9(6-17-11)12(14,15)16/h3-6H,1-2H3,(H,17,18). The maximum atomic E-state index is 12.5. The van der Waals surface area contributed by atoms with Gasteiger partial charge in [-0.05, 0) is 32.0 Å². The van der Waals surface area contributed by atoms with Gasteiger partial charge in [-0.15, -0.1) is 0 Å². The first kappa shape index (κ1) is 13.7. The second kappa shape index (κ2) is 4.77. The van der Waals surface area contributed by atoms with Crippen LogP contribution in [0.4, 0.5) is 19.0 Å². The van der Waals surface area contributed by atoms with Gasteiger partial charge in [0.2, 0.25) is 0 Å². The highest BCUT2D eigenvalue weighted by molar-refractivity contribution is 6.32. The molecule has 0 amide bonds. The average molecular weight is 290 g/mol. The highest BCUT2D eigenvalue weighted by Crippen LogP contribution is 2.32. The van der Waals surface area contributed by atoms with Crippen molar-refractivity contribution in [3.05, 3.63) is 46.4 Å². The lowest BCUT2D eigenvalue weighted by molar-refractivity contribution is -0.137. The number of aryl methyl sites for hydroxylation is 2. The number of rotatable bonds is 2. The zero-order valence-electron chi connectivity index (χ0n) is 10.2. The van der Waals surface area contributed by atoms with Gasteiger partial charge in [0.25, 0.3) is 0 Å². The van der Waals surface area contributed by atoms with E-state index in [1.807, 2.05) is 26.0 Å². The molecule has 2 rings (SSSR count). The Morgan fingerprint density at radius 1 is 1.21 bits per heavy atom. The fourth-order valence-electron chi connectivity index (χ4n) is 1.63. The monoisotopic (exact) mass is 289 g/mol. The lowest BCUT2D eigenvalue weighted by Crippen LogP contribution is -2.14. The van der Waals surface area contributed by atoms with Gasteiger partial charge in [-0.25, -0.2) is 4.98 Å². The van der Waals surface area contributed by atoms with Crippen molar-refractivity contribution in [3.8, 4) is 0 Å². The summed E-state index contributed by atoms with van der Waals surface area (Å²) in [7, 11) is 0. The predicted molar refractivity (Wildman–Crippen MR) is 67.2 cm³/mol. The van der Waals surface area contributed by atoms with Crippen LogP contribution in [0.15, 0.2) is 24.4 Å². The molecule has 0 radical (unpaired) electrons. The fraction of sp³-hybridized carbons (Fsp3) is 0.250. The van der Waals surface area contributed by atoms with E-state index in [1.165, 1.54) is 0 Å². The zero-order chi connectivity index (χ0) is 14.2. The largest absolute Gasteiger partial charge is 0.417 e. The van der Waals surface area contributed by atoms with Crippen molar-refractivity contribution in [2.24, 2.45) is 0 Å². The third-order valence-corrected chi connectivity index (χ3v) is 2.95. The Morgan fingerprint density at radius 2 is 1.79 bits per heavy atom. The Balaban J connectivity index is 2.33. The van der Waals surface area contributed by atoms with E-state index in [0.717, 1.165) is 23.7 Å². The minimum atomic E-state index is -4.45. The van der Waals surface area contributed by atoms with E-state index in [-0.39, 0.29) is 10.8 Å². The number of hydrogen-bond donors (Lipinski definition) is 1. The summed E-state index contributed by atoms with van der Waals surface area (Å²) in [6, 6.07) is 4.60. The van der Waals surface area contributed by atoms with Crippen molar-refractivity contribution in [2.75, 3.05) is 5.43 Å². The molecule has 0 aliphatic rings. The van der Waals surface area contributed by atoms with Crippen molar-refractivity contribution in [3.63, 3.8) is 0 Å². The van der Waals surface area contributed by atoms with Gasteiger partial charge in [0.05, 0.1) is 10.6 Å². The van der Waals surface area contributed by atoms with E-state index >= 15 is 0 Å². The van der Waals surface area contributed by atoms with Crippen LogP contribution in [0.5, 0.6) is 0 Å². The van der Waals surface area contributed by atoms with E-state index in [0.29, 0.717) is 0 Å². The van der Waals surface area contributed by atoms with Crippen LogP contribution in [0.25, 0.3) is 0 Å². The van der Waals surface area contributed by atoms with Crippen molar-refractivity contribution < 1.29 is 13.2 Å². The molecule has 0 unspecified atom stereocenters. The molecule has 3 nitrogen and oxygen atoms in total. The van der Waals surface area contributed by atoms with Gasteiger partial charge in [-0.2, -0.15) is 13.2 Å². The summed E-state index contributed by atoms with van der Waals surface area (Å²) < 4.78 is 39.1. The van der Waals surface area contributed by atoms with Gasteiger partial charge in [-0.1, -0.05) is 11.6 Å². The first-order valence-corrected chi connectivity index (χ1v) is 5.81. The Hall–Kier alpha value is -1.69. The lowest BCUT2D eigenvalue weighted by atomic mass is 10.3. The third kappa shape index (κ3) is 2.84. The molecule has 0 saturated carbocycles. The van der Waals surface area contributed by atoms with Gasteiger partial charge >= 0.3 is 6.18 Å². The van der Waals surface area contributed by atoms with Crippen molar-refractivity contribution in [2.45, 2.75) is 20.0 Å². The van der Waals surface area contributed by atoms with Gasteiger partial charge in [-0.3, -0.25) is 10.1 Å². The molecule has 19 heavy (non-hydrogen) atoms. The maximum Gasteiger partial charge on any atom is 0.417 e. The molecular formula is C12H11ClF3N3. The molecule has 102 valence electrons. The van der Waals surface area contributed by atoms with Gasteiger partial charge in [0.15, 0.2) is 5.82 Å². The molecule has 0 atom stereocenters. The molecule has 0 aliphatic carbocycles. The molecule has 7 heteroatoms. The molecule has 2 heterocycles. The maximum absolute atomic E-state index is 12.5. The first-order valence-electron chi connectivity index (χ1n) is 5.44. The molecule has 0 bridgehead atoms. The Kier molecular flexibility index (Phi) is 3.45. The quantitative estimate of drug-likeness (QED) is 0.904. The summed E-state index contributed by atoms with van der Waals surface area (Å²) in [4.78, 5) is 3.72. The van der Waals surface area contributed by atoms with E-state index in [4.69, 9.17) is 11.6 Å². The predicted octanol–water partition coefficient (Wildman–Crippen LogP) is 4.05. The van der Waals surface area contributed by atoms with Crippen LogP contribution in [0.2, 0.25) is 5.02 Å². The number of nitrogens with one attached hydrogen (secondary N) is 1. The third-order valence-electron chi connectivity index (χ3n) is 2.66. The van der Waals surface area contributed by atoms with Crippen molar-refractivity contribution in [1.82, 2.24) is 9.66 Å². The molecule has 0 aliphatic heterocycles. The highest BCUT2D eigenvalue weighted by atomic mass is 35.5. The van der Waals surface area contributed by atoms with Crippen LogP contribution in [-0.2, 0) is 6.18 Å². The summed E-state index contributed by atoms with van der Waals surface area (Å²) in [5.41, 5.74) is 3.80. The van der Waals surface area contributed by atoms with Crippen LogP contribution < -0.4 is 5.43 Å². The first-order chi connectivity index (χ1) is 8.79. The van der Waals surface area contributed by atoms with Crippen molar-refractivity contribution in [1.29, 1.82) is 0 Å². The number of alkyl halides is 3. The number of nitrogens with zero attached hydrogens (tertiary/aromatic N) is 2. The molecule has 0 fully saturated rings. The molecule has 2 aromatic heterocycles. The van der Waals surface area contributed by atoms with Crippen LogP contribution in [0.3, 0.4) is 0 Å². The normalized spacial score (nSPS) is 11.7. The SMILES string of the molecule is Cc1ccc(C)n1Nc1ncc(C(F)(F)F)cc1Cl. The summed E-state index contributed by atoms with van der Waals surface area (Å²) in [5, 5.41) is -0.0812. The summed E-state index contributed by atoms with van der Waals surface area (Å²) in [5.74, 6) is 0.178. The molecule has 0 aromatic carbocycles. The van der Waals surface area contributed by atoms with Crippen LogP contribution in [0.1, 0.15) is 17.0 Å². The molecule has 0 spiro atoms. The van der Waals surface area contributed by atoms with Gasteiger partial charge in [0.1, 0.15) is 0 Å². The topological polar surface area (TPSA) is 29.9 Å². The minimum absolute atomic E-state index is 0.0812. The van der Waals surface area contributed by atoms with Crippen LogP contribution >= 0.6 is 11.6 Å². The second-order valence-electron chi connectivity index (χ2n) is 4.12. The summed E-state index contributed by atoms with van der Waals surface area (Å²) in [6.07, 6.45) is -3.70. The van der Waals surface area contributed by atoms with E-state index in [1.54, 1.807) is 4.68 Å². The lowest BCUT2D eigenvalue weighted by Gasteiger charge is -2.14. The Labute approximate surface area is 113 Å². The summed E-state index contributed by atoms with van der Waals surface area (Å²) in [6.45, 7) is 3.72. The van der Waals surface area contributed by atoms with Crippen LogP contribution in [-0.4, -0.2) is 9.66 Å². The fourth-order valence-corrected chi connectivity index (χ4v) is 1.83. The molecular weight excluding hydrogens is 279 g/mol. The number of halogens is 4. The number of aromatic nitrogens is 2.